The molecule has 0 heterocycles. The number of ether oxygens (including phenoxy) is 10. The van der Waals surface area contributed by atoms with Crippen LogP contribution in [0.3, 0.4) is 0 Å². The zero-order valence-corrected chi connectivity index (χ0v) is 28.7. The summed E-state index contributed by atoms with van der Waals surface area (Å²) in [5, 5.41) is 8.20. The van der Waals surface area contributed by atoms with Crippen molar-refractivity contribution in [3.05, 3.63) is 82.9 Å². The fourth-order valence-corrected chi connectivity index (χ4v) is 4.61. The second-order valence-electron chi connectivity index (χ2n) is 9.92. The van der Waals surface area contributed by atoms with E-state index >= 15 is 0 Å². The summed E-state index contributed by atoms with van der Waals surface area (Å²) in [5.74, 6) is 1.56. The number of benzene rings is 4. The summed E-state index contributed by atoms with van der Waals surface area (Å²) in [6.45, 7) is 0. The summed E-state index contributed by atoms with van der Waals surface area (Å²) in [6.07, 6.45) is 2.99. The van der Waals surface area contributed by atoms with Gasteiger partial charge in [-0.3, -0.25) is 0 Å². The highest BCUT2D eigenvalue weighted by Crippen LogP contribution is 2.40. The highest BCUT2D eigenvalue weighted by molar-refractivity contribution is 5.94. The first-order valence-corrected chi connectivity index (χ1v) is 14.7. The molecule has 0 bridgehead atoms. The van der Waals surface area contributed by atoms with Crippen LogP contribution in [0.2, 0.25) is 0 Å². The molecule has 0 unspecified atom stereocenters. The molecule has 0 aromatic heterocycles. The number of carbonyl (C=O) groups is 2. The van der Waals surface area contributed by atoms with Crippen molar-refractivity contribution in [1.29, 1.82) is 0 Å². The average molecular weight is 689 g/mol. The van der Waals surface area contributed by atoms with Gasteiger partial charge in [0.05, 0.1) is 80.4 Å². The number of hydrogen-bond acceptors (Lipinski definition) is 14. The maximum absolute atomic E-state index is 13.0. The minimum atomic E-state index is -0.661. The average Bonchev–Trinajstić information content (AvgIpc) is 3.15. The third kappa shape index (κ3) is 8.34. The number of nitrogens with zero attached hydrogens (tertiary/aromatic N) is 2. The summed E-state index contributed by atoms with van der Waals surface area (Å²) in [4.78, 5) is 26.0. The van der Waals surface area contributed by atoms with Gasteiger partial charge in [0.1, 0.15) is 0 Å². The lowest BCUT2D eigenvalue weighted by Gasteiger charge is -2.14. The van der Waals surface area contributed by atoms with Gasteiger partial charge in [-0.25, -0.2) is 9.59 Å². The van der Waals surface area contributed by atoms with Crippen LogP contribution in [0.15, 0.2) is 70.9 Å². The predicted octanol–water partition coefficient (Wildman–Crippen LogP) is 5.65. The first-order valence-electron chi connectivity index (χ1n) is 14.7. The molecule has 14 nitrogen and oxygen atoms in total. The topological polar surface area (TPSA) is 151 Å². The maximum atomic E-state index is 13.0. The van der Waals surface area contributed by atoms with Crippen molar-refractivity contribution in [3.8, 4) is 57.5 Å². The minimum absolute atomic E-state index is 0.183. The van der Waals surface area contributed by atoms with E-state index in [1.165, 1.54) is 93.6 Å². The Morgan fingerprint density at radius 3 is 1.02 bits per heavy atom. The van der Waals surface area contributed by atoms with Gasteiger partial charge in [-0.1, -0.05) is 0 Å². The van der Waals surface area contributed by atoms with E-state index in [-0.39, 0.29) is 22.6 Å². The van der Waals surface area contributed by atoms with Crippen LogP contribution in [0.4, 0.5) is 0 Å². The Morgan fingerprint density at radius 1 is 0.420 bits per heavy atom. The van der Waals surface area contributed by atoms with E-state index in [1.807, 2.05) is 0 Å². The molecule has 0 aliphatic heterocycles. The predicted molar refractivity (Wildman–Crippen MR) is 183 cm³/mol. The fourth-order valence-electron chi connectivity index (χ4n) is 4.61. The van der Waals surface area contributed by atoms with Crippen molar-refractivity contribution < 1.29 is 57.0 Å². The number of esters is 2. The molecule has 0 saturated carbocycles. The molecule has 262 valence electrons. The van der Waals surface area contributed by atoms with Gasteiger partial charge in [-0.15, -0.1) is 0 Å². The Balaban J connectivity index is 1.44. The van der Waals surface area contributed by atoms with E-state index < -0.39 is 11.9 Å². The van der Waals surface area contributed by atoms with Crippen LogP contribution in [0.1, 0.15) is 31.8 Å². The molecule has 50 heavy (non-hydrogen) atoms. The molecule has 0 amide bonds. The Bertz CT molecular complexity index is 1720. The summed E-state index contributed by atoms with van der Waals surface area (Å²) in [7, 11) is 11.6. The van der Waals surface area contributed by atoms with Crippen molar-refractivity contribution >= 4 is 24.4 Å². The maximum Gasteiger partial charge on any atom is 0.343 e. The Hall–Kier alpha value is -6.44. The molecular weight excluding hydrogens is 652 g/mol. The third-order valence-electron chi connectivity index (χ3n) is 7.06. The second kappa shape index (κ2) is 17.1. The molecule has 0 fully saturated rings. The van der Waals surface area contributed by atoms with Crippen LogP contribution in [0.5, 0.6) is 57.5 Å². The van der Waals surface area contributed by atoms with Crippen LogP contribution < -0.4 is 47.4 Å². The zero-order chi connectivity index (χ0) is 36.2. The lowest BCUT2D eigenvalue weighted by atomic mass is 10.1. The van der Waals surface area contributed by atoms with Gasteiger partial charge in [-0.05, 0) is 71.8 Å². The summed E-state index contributed by atoms with van der Waals surface area (Å²) in [5.41, 5.74) is 1.61. The molecule has 4 rings (SSSR count). The Kier molecular flexibility index (Phi) is 12.5. The van der Waals surface area contributed by atoms with Crippen LogP contribution in [0, 0.1) is 0 Å². The molecule has 0 aliphatic rings. The quantitative estimate of drug-likeness (QED) is 0.0657. The number of carbonyl (C=O) groups excluding carboxylic acids is 2. The van der Waals surface area contributed by atoms with Gasteiger partial charge >= 0.3 is 11.9 Å². The summed E-state index contributed by atoms with van der Waals surface area (Å²) < 4.78 is 54.0. The van der Waals surface area contributed by atoms with Crippen LogP contribution in [-0.4, -0.2) is 81.2 Å². The molecular formula is C36H36N2O12. The number of methoxy groups -OCH3 is 8. The van der Waals surface area contributed by atoms with E-state index in [9.17, 15) is 9.59 Å². The molecule has 0 N–H and O–H groups in total. The van der Waals surface area contributed by atoms with E-state index in [0.29, 0.717) is 57.1 Å². The van der Waals surface area contributed by atoms with Crippen molar-refractivity contribution in [1.82, 2.24) is 0 Å². The largest absolute Gasteiger partial charge is 0.493 e. The van der Waals surface area contributed by atoms with Crippen LogP contribution >= 0.6 is 0 Å². The van der Waals surface area contributed by atoms with Crippen molar-refractivity contribution in [2.75, 3.05) is 56.9 Å². The Morgan fingerprint density at radius 2 is 0.740 bits per heavy atom. The lowest BCUT2D eigenvalue weighted by Crippen LogP contribution is -2.10. The molecule has 4 aromatic rings. The lowest BCUT2D eigenvalue weighted by molar-refractivity contribution is 0.0719. The van der Waals surface area contributed by atoms with E-state index in [4.69, 9.17) is 47.4 Å². The second-order valence-corrected chi connectivity index (χ2v) is 9.92. The fraction of sp³-hybridized carbons (Fsp3) is 0.222. The van der Waals surface area contributed by atoms with Gasteiger partial charge in [0.25, 0.3) is 0 Å². The number of hydrogen-bond donors (Lipinski definition) is 0. The van der Waals surface area contributed by atoms with E-state index in [0.717, 1.165) is 0 Å². The Labute approximate surface area is 288 Å². The van der Waals surface area contributed by atoms with Gasteiger partial charge in [0, 0.05) is 0 Å². The first-order chi connectivity index (χ1) is 24.2. The number of rotatable bonds is 15. The highest BCUT2D eigenvalue weighted by Gasteiger charge is 2.21. The first kappa shape index (κ1) is 36.4. The molecule has 14 heteroatoms. The highest BCUT2D eigenvalue weighted by atomic mass is 16.6. The summed E-state index contributed by atoms with van der Waals surface area (Å²) >= 11 is 0. The molecule has 0 spiro atoms. The zero-order valence-electron chi connectivity index (χ0n) is 28.7. The van der Waals surface area contributed by atoms with E-state index in [1.54, 1.807) is 36.4 Å². The SMILES string of the molecule is COc1cc(C=N/N=C/c2ccc(OC(=O)c3cc(OC)c(OC)c(OC)c3)c(OC)c2)ccc1OC(=O)c1cc(OC)c(OC)c(OC)c1. The summed E-state index contributed by atoms with van der Waals surface area (Å²) in [6, 6.07) is 15.7. The smallest absolute Gasteiger partial charge is 0.343 e. The van der Waals surface area contributed by atoms with Gasteiger partial charge in [-0.2, -0.15) is 10.2 Å². The molecule has 0 saturated heterocycles. The molecule has 0 radical (unpaired) electrons. The van der Waals surface area contributed by atoms with Crippen molar-refractivity contribution in [2.45, 2.75) is 0 Å². The third-order valence-corrected chi connectivity index (χ3v) is 7.06. The monoisotopic (exact) mass is 688 g/mol. The van der Waals surface area contributed by atoms with Crippen molar-refractivity contribution in [2.24, 2.45) is 10.2 Å². The van der Waals surface area contributed by atoms with Crippen LogP contribution in [0.25, 0.3) is 0 Å². The standard InChI is InChI=1S/C36H36N2O12/c1-41-27-13-21(9-11-25(27)49-35(39)23-15-29(43-3)33(47-7)30(16-23)44-4)19-37-38-20-22-10-12-26(28(14-22)42-2)50-36(40)24-17-31(45-5)34(48-8)32(18-24)46-6/h9-20H,1-8H3/b37-19+,38-20?. The molecule has 0 atom stereocenters. The minimum Gasteiger partial charge on any atom is -0.493 e. The van der Waals surface area contributed by atoms with Crippen LogP contribution in [-0.2, 0) is 0 Å². The van der Waals surface area contributed by atoms with Gasteiger partial charge in [0.15, 0.2) is 46.0 Å². The molecule has 0 aliphatic carbocycles. The van der Waals surface area contributed by atoms with Crippen molar-refractivity contribution in [3.63, 3.8) is 0 Å². The molecule has 4 aromatic carbocycles. The van der Waals surface area contributed by atoms with Gasteiger partial charge in [0.2, 0.25) is 11.5 Å². The van der Waals surface area contributed by atoms with E-state index in [2.05, 4.69) is 10.2 Å². The van der Waals surface area contributed by atoms with Gasteiger partial charge < -0.3 is 47.4 Å². The normalized spacial score (nSPS) is 10.8.